The molecule has 23 heavy (non-hydrogen) atoms. The summed E-state index contributed by atoms with van der Waals surface area (Å²) < 4.78 is 1.94. The third-order valence-corrected chi connectivity index (χ3v) is 3.66. The Labute approximate surface area is 138 Å². The van der Waals surface area contributed by atoms with Gasteiger partial charge in [0.25, 0.3) is 5.91 Å². The van der Waals surface area contributed by atoms with Crippen molar-refractivity contribution >= 4 is 23.2 Å². The summed E-state index contributed by atoms with van der Waals surface area (Å²) in [5.41, 5.74) is 2.10. The van der Waals surface area contributed by atoms with Crippen LogP contribution in [0.5, 0.6) is 0 Å². The van der Waals surface area contributed by atoms with Gasteiger partial charge in [0.15, 0.2) is 5.82 Å². The molecule has 1 heterocycles. The summed E-state index contributed by atoms with van der Waals surface area (Å²) in [5, 5.41) is 11.5. The van der Waals surface area contributed by atoms with Crippen molar-refractivity contribution in [3.05, 3.63) is 65.4 Å². The summed E-state index contributed by atoms with van der Waals surface area (Å²) in [6.07, 6.45) is 1.69. The summed E-state index contributed by atoms with van der Waals surface area (Å²) >= 11 is 5.92. The molecule has 0 bridgehead atoms. The normalized spacial score (nSPS) is 10.5. The van der Waals surface area contributed by atoms with Gasteiger partial charge in [-0.15, -0.1) is 10.2 Å². The van der Waals surface area contributed by atoms with Gasteiger partial charge in [0.2, 0.25) is 0 Å². The summed E-state index contributed by atoms with van der Waals surface area (Å²) in [4.78, 5) is 12.3. The van der Waals surface area contributed by atoms with Crippen molar-refractivity contribution in [3.63, 3.8) is 0 Å². The summed E-state index contributed by atoms with van der Waals surface area (Å²) in [6.45, 7) is 2.80. The average Bonchev–Trinajstić information content (AvgIpc) is 3.04. The lowest BCUT2D eigenvalue weighted by Gasteiger charge is -2.08. The molecule has 3 rings (SSSR count). The van der Waals surface area contributed by atoms with Gasteiger partial charge < -0.3 is 9.88 Å². The molecule has 0 radical (unpaired) electrons. The fourth-order valence-electron chi connectivity index (χ4n) is 2.28. The van der Waals surface area contributed by atoms with Gasteiger partial charge in [-0.3, -0.25) is 4.79 Å². The van der Waals surface area contributed by atoms with Crippen LogP contribution in [-0.2, 0) is 6.54 Å². The van der Waals surface area contributed by atoms with Crippen LogP contribution in [0.1, 0.15) is 17.3 Å². The monoisotopic (exact) mass is 326 g/mol. The number of benzene rings is 2. The third-order valence-electron chi connectivity index (χ3n) is 3.42. The second-order valence-electron chi connectivity index (χ2n) is 4.99. The van der Waals surface area contributed by atoms with E-state index in [2.05, 4.69) is 15.5 Å². The molecular weight excluding hydrogens is 312 g/mol. The first-order valence-electron chi connectivity index (χ1n) is 7.22. The molecule has 1 amide bonds. The zero-order valence-corrected chi connectivity index (χ0v) is 13.3. The van der Waals surface area contributed by atoms with Crippen LogP contribution < -0.4 is 5.32 Å². The van der Waals surface area contributed by atoms with Crippen molar-refractivity contribution in [2.45, 2.75) is 13.5 Å². The fraction of sp³-hybridized carbons (Fsp3) is 0.118. The Kier molecular flexibility index (Phi) is 4.39. The van der Waals surface area contributed by atoms with Crippen molar-refractivity contribution in [2.75, 3.05) is 5.32 Å². The molecule has 0 atom stereocenters. The van der Waals surface area contributed by atoms with Crippen molar-refractivity contribution in [1.82, 2.24) is 14.8 Å². The van der Waals surface area contributed by atoms with Crippen molar-refractivity contribution in [2.24, 2.45) is 0 Å². The minimum absolute atomic E-state index is 0.207. The predicted octanol–water partition coefficient (Wildman–Crippen LogP) is 3.87. The van der Waals surface area contributed by atoms with Crippen molar-refractivity contribution in [3.8, 4) is 11.4 Å². The van der Waals surface area contributed by atoms with Crippen molar-refractivity contribution < 1.29 is 4.79 Å². The Bertz CT molecular complexity index is 844. The molecule has 0 aliphatic carbocycles. The average molecular weight is 327 g/mol. The fourth-order valence-corrected chi connectivity index (χ4v) is 2.47. The summed E-state index contributed by atoms with van der Waals surface area (Å²) in [7, 11) is 0. The molecule has 3 aromatic rings. The highest BCUT2D eigenvalue weighted by atomic mass is 35.5. The second kappa shape index (κ2) is 6.62. The second-order valence-corrected chi connectivity index (χ2v) is 5.42. The number of nitrogens with one attached hydrogen (secondary N) is 1. The van der Waals surface area contributed by atoms with Crippen LogP contribution in [0, 0.1) is 0 Å². The van der Waals surface area contributed by atoms with Crippen LogP contribution in [0.15, 0.2) is 54.9 Å². The maximum Gasteiger partial charge on any atom is 0.255 e. The molecule has 1 aromatic heterocycles. The minimum atomic E-state index is -0.207. The quantitative estimate of drug-likeness (QED) is 0.791. The molecule has 1 N–H and O–H groups in total. The number of aryl methyl sites for hydroxylation is 1. The zero-order chi connectivity index (χ0) is 16.2. The first-order chi connectivity index (χ1) is 11.2. The summed E-state index contributed by atoms with van der Waals surface area (Å²) in [6, 6.07) is 14.3. The number of rotatable bonds is 4. The zero-order valence-electron chi connectivity index (χ0n) is 12.5. The molecule has 6 heteroatoms. The lowest BCUT2D eigenvalue weighted by atomic mass is 10.1. The van der Waals surface area contributed by atoms with E-state index < -0.39 is 0 Å². The molecular formula is C17H15ClN4O. The number of hydrogen-bond acceptors (Lipinski definition) is 3. The van der Waals surface area contributed by atoms with Gasteiger partial charge in [0.1, 0.15) is 6.33 Å². The maximum atomic E-state index is 12.3. The maximum absolute atomic E-state index is 12.3. The van der Waals surface area contributed by atoms with Crippen LogP contribution in [0.2, 0.25) is 5.02 Å². The predicted molar refractivity (Wildman–Crippen MR) is 90.5 cm³/mol. The molecule has 0 fully saturated rings. The van der Waals surface area contributed by atoms with Crippen LogP contribution in [0.3, 0.4) is 0 Å². The van der Waals surface area contributed by atoms with Crippen LogP contribution >= 0.6 is 11.6 Å². The highest BCUT2D eigenvalue weighted by molar-refractivity contribution is 6.31. The van der Waals surface area contributed by atoms with E-state index in [1.54, 1.807) is 30.6 Å². The number of carbonyl (C=O) groups excluding carboxylic acids is 1. The van der Waals surface area contributed by atoms with E-state index in [1.807, 2.05) is 35.8 Å². The first-order valence-corrected chi connectivity index (χ1v) is 7.60. The Morgan fingerprint density at radius 1 is 1.22 bits per heavy atom. The summed E-state index contributed by atoms with van der Waals surface area (Å²) in [5.74, 6) is 0.563. The van der Waals surface area contributed by atoms with E-state index in [0.717, 1.165) is 17.9 Å². The van der Waals surface area contributed by atoms with E-state index >= 15 is 0 Å². The number of halogens is 1. The number of amides is 1. The molecule has 0 aliphatic heterocycles. The smallest absolute Gasteiger partial charge is 0.255 e. The lowest BCUT2D eigenvalue weighted by molar-refractivity contribution is 0.102. The largest absolute Gasteiger partial charge is 0.322 e. The van der Waals surface area contributed by atoms with E-state index in [4.69, 9.17) is 11.6 Å². The van der Waals surface area contributed by atoms with E-state index in [0.29, 0.717) is 16.3 Å². The molecule has 0 aliphatic rings. The topological polar surface area (TPSA) is 59.8 Å². The van der Waals surface area contributed by atoms with Gasteiger partial charge in [-0.25, -0.2) is 0 Å². The SMILES string of the molecule is CCn1cnnc1-c1cccc(NC(=O)c2cccc(Cl)c2)c1. The van der Waals surface area contributed by atoms with Gasteiger partial charge in [-0.05, 0) is 37.3 Å². The molecule has 5 nitrogen and oxygen atoms in total. The van der Waals surface area contributed by atoms with Crippen LogP contribution in [0.25, 0.3) is 11.4 Å². The lowest BCUT2D eigenvalue weighted by Crippen LogP contribution is -2.11. The Balaban J connectivity index is 1.84. The highest BCUT2D eigenvalue weighted by Gasteiger charge is 2.09. The Morgan fingerprint density at radius 3 is 2.83 bits per heavy atom. The molecule has 116 valence electrons. The van der Waals surface area contributed by atoms with Crippen LogP contribution in [0.4, 0.5) is 5.69 Å². The van der Waals surface area contributed by atoms with Crippen LogP contribution in [-0.4, -0.2) is 20.7 Å². The molecule has 2 aromatic carbocycles. The number of carbonyl (C=O) groups is 1. The first kappa shape index (κ1) is 15.2. The molecule has 0 saturated heterocycles. The number of aromatic nitrogens is 3. The van der Waals surface area contributed by atoms with Crippen molar-refractivity contribution in [1.29, 1.82) is 0 Å². The van der Waals surface area contributed by atoms with Gasteiger partial charge in [-0.1, -0.05) is 29.8 Å². The number of anilines is 1. The Morgan fingerprint density at radius 2 is 2.04 bits per heavy atom. The minimum Gasteiger partial charge on any atom is -0.322 e. The van der Waals surface area contributed by atoms with E-state index in [9.17, 15) is 4.79 Å². The molecule has 0 spiro atoms. The van der Waals surface area contributed by atoms with Gasteiger partial charge in [-0.2, -0.15) is 0 Å². The van der Waals surface area contributed by atoms with E-state index in [1.165, 1.54) is 0 Å². The van der Waals surface area contributed by atoms with Gasteiger partial charge in [0.05, 0.1) is 0 Å². The molecule has 0 saturated carbocycles. The standard InChI is InChI=1S/C17H15ClN4O/c1-2-22-11-19-21-16(22)12-5-4-8-15(10-12)20-17(23)13-6-3-7-14(18)9-13/h3-11H,2H2,1H3,(H,20,23). The Hall–Kier alpha value is -2.66. The number of hydrogen-bond donors (Lipinski definition) is 1. The third kappa shape index (κ3) is 3.40. The number of nitrogens with zero attached hydrogens (tertiary/aromatic N) is 3. The van der Waals surface area contributed by atoms with Gasteiger partial charge in [0, 0.05) is 28.4 Å². The molecule has 0 unspecified atom stereocenters. The van der Waals surface area contributed by atoms with E-state index in [-0.39, 0.29) is 5.91 Å². The van der Waals surface area contributed by atoms with Gasteiger partial charge >= 0.3 is 0 Å². The highest BCUT2D eigenvalue weighted by Crippen LogP contribution is 2.21.